The molecule has 0 heterocycles. The molecule has 1 atom stereocenters. The quantitative estimate of drug-likeness (QED) is 0.0364. The molecule has 0 rings (SSSR count). The summed E-state index contributed by atoms with van der Waals surface area (Å²) < 4.78 is 17.0. The molecule has 0 aliphatic heterocycles. The highest BCUT2D eigenvalue weighted by molar-refractivity contribution is 8.25. The minimum atomic E-state index is -0.821. The molecule has 0 spiro atoms. The molecule has 0 aromatic carbocycles. The zero-order valence-corrected chi connectivity index (χ0v) is 29.3. The minimum Gasteiger partial charge on any atom is -0.454 e. The van der Waals surface area contributed by atoms with E-state index in [0.717, 1.165) is 62.9 Å². The van der Waals surface area contributed by atoms with Gasteiger partial charge in [-0.3, -0.25) is 13.8 Å². The van der Waals surface area contributed by atoms with Gasteiger partial charge in [-0.15, -0.1) is 47.0 Å². The van der Waals surface area contributed by atoms with Crippen molar-refractivity contribution >= 4 is 128 Å². The number of thioether (sulfide) groups is 9. The number of hydrogen-bond acceptors (Lipinski definition) is 17. The molecule has 2 N–H and O–H groups in total. The molecule has 0 aromatic heterocycles. The highest BCUT2D eigenvalue weighted by Gasteiger charge is 2.05. The van der Waals surface area contributed by atoms with Gasteiger partial charge in [0.2, 0.25) is 0 Å². The number of aliphatic hydroxyl groups excluding tert-OH is 2. The Bertz CT molecular complexity index is 580. The van der Waals surface area contributed by atoms with E-state index in [1.54, 1.807) is 58.8 Å². The first-order valence-electron chi connectivity index (χ1n) is 11.3. The molecule has 1 unspecified atom stereocenters. The van der Waals surface area contributed by atoms with Crippen LogP contribution in [0.3, 0.4) is 0 Å². The van der Waals surface area contributed by atoms with Crippen LogP contribution in [-0.4, -0.2) is 129 Å². The van der Waals surface area contributed by atoms with Crippen LogP contribution in [0, 0.1) is 0 Å². The van der Waals surface area contributed by atoms with Gasteiger partial charge in [0, 0.05) is 67.7 Å². The van der Waals surface area contributed by atoms with Gasteiger partial charge in [0.25, 0.3) is 0 Å². The van der Waals surface area contributed by atoms with Gasteiger partial charge in [-0.2, -0.15) is 35.3 Å². The van der Waals surface area contributed by atoms with Crippen molar-refractivity contribution in [1.82, 2.24) is 0 Å². The van der Waals surface area contributed by atoms with Crippen LogP contribution < -0.4 is 0 Å². The molecule has 38 heavy (non-hydrogen) atoms. The second-order valence-electron chi connectivity index (χ2n) is 6.40. The van der Waals surface area contributed by atoms with Crippen LogP contribution in [0.2, 0.25) is 0 Å². The standard InChI is InChI=1S/C20H38O8S10/c21-13-35-15-26-19(23)11-31-5-4-30-9-10-38(25)18-34-8-7-33-17-37-20(24)12-32-6-3-29-2-1-27-28-16-36-14-22/h21-22H,1-18H2. The molecule has 0 aliphatic rings. The normalized spacial score (nSPS) is 12.1. The van der Waals surface area contributed by atoms with E-state index in [1.807, 2.05) is 0 Å². The lowest BCUT2D eigenvalue weighted by molar-refractivity contribution is -0.274. The molecular weight excluding hydrogens is 689 g/mol. The monoisotopic (exact) mass is 726 g/mol. The van der Waals surface area contributed by atoms with Gasteiger partial charge in [-0.05, 0) is 0 Å². The summed E-state index contributed by atoms with van der Waals surface area (Å²) in [6.45, 7) is 0.510. The Balaban J connectivity index is 3.31. The van der Waals surface area contributed by atoms with Gasteiger partial charge in [0.1, 0.15) is 11.9 Å². The lowest BCUT2D eigenvalue weighted by Crippen LogP contribution is -2.08. The third-order valence-electron chi connectivity index (χ3n) is 3.54. The molecule has 0 bridgehead atoms. The summed E-state index contributed by atoms with van der Waals surface area (Å²) >= 11 is 13.9. The molecular formula is C20H38O8S10. The largest absolute Gasteiger partial charge is 0.454 e. The van der Waals surface area contributed by atoms with Crippen LogP contribution in [0.4, 0.5) is 0 Å². The number of rotatable bonds is 30. The van der Waals surface area contributed by atoms with Gasteiger partial charge >= 0.3 is 5.97 Å². The zero-order valence-electron chi connectivity index (χ0n) is 21.2. The minimum absolute atomic E-state index is 0.0212. The highest BCUT2D eigenvalue weighted by atomic mass is 32.2. The number of carbonyl (C=O) groups is 2. The van der Waals surface area contributed by atoms with Crippen molar-refractivity contribution in [2.75, 3.05) is 104 Å². The van der Waals surface area contributed by atoms with Crippen molar-refractivity contribution in [1.29, 1.82) is 0 Å². The fourth-order valence-corrected chi connectivity index (χ4v) is 11.3. The summed E-state index contributed by atoms with van der Waals surface area (Å²) in [5.41, 5.74) is 0. The molecule has 8 nitrogen and oxygen atoms in total. The van der Waals surface area contributed by atoms with Crippen molar-refractivity contribution in [3.63, 3.8) is 0 Å². The van der Waals surface area contributed by atoms with Gasteiger partial charge in [-0.25, -0.2) is 9.78 Å². The lowest BCUT2D eigenvalue weighted by atomic mass is 10.8. The molecule has 0 fully saturated rings. The average molecular weight is 727 g/mol. The Hall–Kier alpha value is 2.28. The molecule has 0 aliphatic carbocycles. The summed E-state index contributed by atoms with van der Waals surface area (Å²) in [6.07, 6.45) is 0. The Morgan fingerprint density at radius 3 is 2.05 bits per heavy atom. The van der Waals surface area contributed by atoms with Gasteiger partial charge in [-0.1, -0.05) is 23.5 Å². The first-order chi connectivity index (χ1) is 18.6. The first-order valence-corrected chi connectivity index (χ1v) is 23.1. The molecule has 18 heteroatoms. The maximum absolute atomic E-state index is 12.1. The van der Waals surface area contributed by atoms with Crippen molar-refractivity contribution in [3.05, 3.63) is 0 Å². The fraction of sp³-hybridized carbons (Fsp3) is 0.900. The molecule has 0 aromatic rings. The number of aliphatic hydroxyl groups is 2. The van der Waals surface area contributed by atoms with Crippen LogP contribution in [0.25, 0.3) is 0 Å². The van der Waals surface area contributed by atoms with E-state index >= 15 is 0 Å². The van der Waals surface area contributed by atoms with Crippen LogP contribution in [0.1, 0.15) is 0 Å². The lowest BCUT2D eigenvalue weighted by Gasteiger charge is -2.05. The van der Waals surface area contributed by atoms with E-state index in [1.165, 1.54) is 35.3 Å². The van der Waals surface area contributed by atoms with Gasteiger partial charge < -0.3 is 14.9 Å². The summed E-state index contributed by atoms with van der Waals surface area (Å²) in [5.74, 6) is 8.98. The molecule has 0 radical (unpaired) electrons. The van der Waals surface area contributed by atoms with Gasteiger partial charge in [0.15, 0.2) is 5.12 Å². The maximum atomic E-state index is 12.1. The Morgan fingerprint density at radius 2 is 1.29 bits per heavy atom. The van der Waals surface area contributed by atoms with E-state index in [-0.39, 0.29) is 28.9 Å². The Kier molecular flexibility index (Phi) is 35.8. The van der Waals surface area contributed by atoms with Crippen molar-refractivity contribution in [2.45, 2.75) is 0 Å². The van der Waals surface area contributed by atoms with E-state index in [0.29, 0.717) is 34.9 Å². The van der Waals surface area contributed by atoms with E-state index < -0.39 is 10.8 Å². The third-order valence-corrected chi connectivity index (χ3v) is 14.5. The second kappa shape index (κ2) is 33.8. The molecule has 0 amide bonds. The number of hydrogen-bond donors (Lipinski definition) is 2. The number of ether oxygens (including phenoxy) is 1. The van der Waals surface area contributed by atoms with Gasteiger partial charge in [0.05, 0.1) is 35.1 Å². The first kappa shape index (κ1) is 40.3. The second-order valence-corrected chi connectivity index (χ2v) is 18.4. The predicted octanol–water partition coefficient (Wildman–Crippen LogP) is 4.08. The van der Waals surface area contributed by atoms with Crippen molar-refractivity contribution in [3.8, 4) is 0 Å². The van der Waals surface area contributed by atoms with Crippen molar-refractivity contribution in [2.24, 2.45) is 0 Å². The number of esters is 1. The van der Waals surface area contributed by atoms with E-state index in [4.69, 9.17) is 24.7 Å². The summed E-state index contributed by atoms with van der Waals surface area (Å²) in [7, 11) is -0.821. The summed E-state index contributed by atoms with van der Waals surface area (Å²) in [6, 6.07) is 0. The zero-order chi connectivity index (χ0) is 27.9. The molecule has 226 valence electrons. The van der Waals surface area contributed by atoms with Crippen LogP contribution in [0.5, 0.6) is 0 Å². The van der Waals surface area contributed by atoms with Crippen LogP contribution >= 0.6 is 106 Å². The molecule has 0 saturated carbocycles. The number of carbonyl (C=O) groups excluding carboxylic acids is 2. The highest BCUT2D eigenvalue weighted by Crippen LogP contribution is 2.18. The van der Waals surface area contributed by atoms with E-state index in [9.17, 15) is 13.8 Å². The molecule has 0 saturated heterocycles. The Morgan fingerprint density at radius 1 is 0.658 bits per heavy atom. The smallest absolute Gasteiger partial charge is 0.316 e. The van der Waals surface area contributed by atoms with Crippen LogP contribution in [0.15, 0.2) is 0 Å². The summed E-state index contributed by atoms with van der Waals surface area (Å²) in [4.78, 5) is 33.2. The van der Waals surface area contributed by atoms with E-state index in [2.05, 4.69) is 0 Å². The van der Waals surface area contributed by atoms with Crippen molar-refractivity contribution < 1.29 is 38.5 Å². The Labute approximate surface area is 267 Å². The average Bonchev–Trinajstić information content (AvgIpc) is 2.90. The topological polar surface area (TPSA) is 119 Å². The van der Waals surface area contributed by atoms with Crippen LogP contribution in [-0.2, 0) is 34.9 Å². The SMILES string of the molecule is O=C(CSCCSCCS(=O)CSCCSCSC(=O)CSCCSCCOOCSCO)OCSCO. The predicted molar refractivity (Wildman–Crippen MR) is 182 cm³/mol. The third kappa shape index (κ3) is 32.8. The fourth-order valence-electron chi connectivity index (χ4n) is 1.88. The summed E-state index contributed by atoms with van der Waals surface area (Å²) in [5, 5.41) is 18.8. The maximum Gasteiger partial charge on any atom is 0.316 e.